The van der Waals surface area contributed by atoms with E-state index in [1.165, 1.54) is 24.3 Å². The maximum Gasteiger partial charge on any atom is 0.416 e. The van der Waals surface area contributed by atoms with E-state index in [2.05, 4.69) is 51.7 Å². The first kappa shape index (κ1) is 31.7. The van der Waals surface area contributed by atoms with Gasteiger partial charge in [-0.1, -0.05) is 71.0 Å². The molecular weight excluding hydrogens is 524 g/mol. The molecule has 1 unspecified atom stereocenters. The van der Waals surface area contributed by atoms with Gasteiger partial charge in [0.15, 0.2) is 0 Å². The molecule has 7 heteroatoms. The van der Waals surface area contributed by atoms with Crippen LogP contribution in [0.5, 0.6) is 0 Å². The number of alkyl halides is 6. The molecule has 0 N–H and O–H groups in total. The molecule has 218 valence electrons. The number of halogens is 6. The lowest BCUT2D eigenvalue weighted by molar-refractivity contribution is -0.138. The molecule has 0 aliphatic carbocycles. The summed E-state index contributed by atoms with van der Waals surface area (Å²) in [5, 5.41) is 0. The first-order valence-corrected chi connectivity index (χ1v) is 13.8. The van der Waals surface area contributed by atoms with E-state index in [4.69, 9.17) is 0 Å². The molecule has 0 aliphatic heterocycles. The lowest BCUT2D eigenvalue weighted by Gasteiger charge is -2.25. The Hall–Kier alpha value is -2.80. The van der Waals surface area contributed by atoms with Gasteiger partial charge in [-0.15, -0.1) is 0 Å². The summed E-state index contributed by atoms with van der Waals surface area (Å²) >= 11 is 0. The van der Waals surface area contributed by atoms with Crippen LogP contribution in [-0.2, 0) is 25.4 Å². The minimum atomic E-state index is -4.40. The predicted molar refractivity (Wildman–Crippen MR) is 150 cm³/mol. The first-order valence-electron chi connectivity index (χ1n) is 13.8. The van der Waals surface area contributed by atoms with Crippen LogP contribution in [0.2, 0.25) is 0 Å². The first-order chi connectivity index (χ1) is 18.6. The Balaban J connectivity index is 1.95. The number of nitrogens with zero attached hydrogens (tertiary/aromatic N) is 1. The van der Waals surface area contributed by atoms with Gasteiger partial charge in [0, 0.05) is 13.1 Å². The Morgan fingerprint density at radius 1 is 0.600 bits per heavy atom. The lowest BCUT2D eigenvalue weighted by Crippen LogP contribution is -2.25. The molecular formula is C33H39F6N. The molecule has 0 heterocycles. The molecule has 0 saturated heterocycles. The summed E-state index contributed by atoms with van der Waals surface area (Å²) in [6.07, 6.45) is -6.88. The van der Waals surface area contributed by atoms with Crippen molar-refractivity contribution >= 4 is 0 Å². The topological polar surface area (TPSA) is 3.24 Å². The van der Waals surface area contributed by atoms with Crippen molar-refractivity contribution in [1.29, 1.82) is 0 Å². The molecule has 3 rings (SSSR count). The van der Waals surface area contributed by atoms with Gasteiger partial charge >= 0.3 is 12.4 Å². The third kappa shape index (κ3) is 9.39. The van der Waals surface area contributed by atoms with Crippen LogP contribution in [0.1, 0.15) is 81.2 Å². The van der Waals surface area contributed by atoms with E-state index in [1.807, 2.05) is 6.07 Å². The highest BCUT2D eigenvalue weighted by molar-refractivity contribution is 5.66. The van der Waals surface area contributed by atoms with Crippen molar-refractivity contribution in [2.24, 2.45) is 11.8 Å². The molecule has 0 saturated carbocycles. The Morgan fingerprint density at radius 3 is 1.62 bits per heavy atom. The fourth-order valence-electron chi connectivity index (χ4n) is 4.93. The molecule has 0 radical (unpaired) electrons. The summed E-state index contributed by atoms with van der Waals surface area (Å²) in [7, 11) is 0. The fourth-order valence-corrected chi connectivity index (χ4v) is 4.93. The summed E-state index contributed by atoms with van der Waals surface area (Å²) < 4.78 is 78.6. The zero-order valence-electron chi connectivity index (χ0n) is 23.8. The fraction of sp³-hybridized carbons (Fsp3) is 0.455. The van der Waals surface area contributed by atoms with Crippen LogP contribution in [0.25, 0.3) is 11.1 Å². The number of benzene rings is 3. The summed E-state index contributed by atoms with van der Waals surface area (Å²) in [6.45, 7) is 12.6. The van der Waals surface area contributed by atoms with Crippen molar-refractivity contribution in [3.05, 3.63) is 94.5 Å². The third-order valence-corrected chi connectivity index (χ3v) is 7.07. The highest BCUT2D eigenvalue weighted by Crippen LogP contribution is 2.34. The molecule has 3 aromatic rings. The second-order valence-electron chi connectivity index (χ2n) is 11.7. The van der Waals surface area contributed by atoms with Crippen molar-refractivity contribution < 1.29 is 26.3 Å². The van der Waals surface area contributed by atoms with Gasteiger partial charge in [-0.05, 0) is 95.3 Å². The minimum absolute atomic E-state index is 0.257. The molecule has 1 atom stereocenters. The van der Waals surface area contributed by atoms with E-state index >= 15 is 0 Å². The van der Waals surface area contributed by atoms with Gasteiger partial charge in [-0.25, -0.2) is 0 Å². The molecule has 0 aromatic heterocycles. The molecule has 0 amide bonds. The SMILES string of the molecule is CC(C)CCN(Cc1ccc(C(F)(F)F)cc1)Cc1cc(-c2ccc(C(F)(F)F)cc2)cc(C(C)CC(C)C)c1. The second-order valence-corrected chi connectivity index (χ2v) is 11.7. The predicted octanol–water partition coefficient (Wildman–Crippen LogP) is 10.6. The molecule has 40 heavy (non-hydrogen) atoms. The zero-order valence-corrected chi connectivity index (χ0v) is 23.8. The highest BCUT2D eigenvalue weighted by atomic mass is 19.4. The van der Waals surface area contributed by atoms with E-state index in [-0.39, 0.29) is 5.92 Å². The van der Waals surface area contributed by atoms with Crippen molar-refractivity contribution in [3.8, 4) is 11.1 Å². The highest BCUT2D eigenvalue weighted by Gasteiger charge is 2.31. The average molecular weight is 564 g/mol. The largest absolute Gasteiger partial charge is 0.416 e. The van der Waals surface area contributed by atoms with Crippen LogP contribution in [-0.4, -0.2) is 11.4 Å². The smallest absolute Gasteiger partial charge is 0.295 e. The van der Waals surface area contributed by atoms with E-state index in [0.29, 0.717) is 30.5 Å². The van der Waals surface area contributed by atoms with Gasteiger partial charge in [0.2, 0.25) is 0 Å². The third-order valence-electron chi connectivity index (χ3n) is 7.07. The molecule has 0 aliphatic rings. The number of rotatable bonds is 11. The van der Waals surface area contributed by atoms with Gasteiger partial charge in [0.1, 0.15) is 0 Å². The molecule has 0 spiro atoms. The maximum atomic E-state index is 13.1. The van der Waals surface area contributed by atoms with Crippen LogP contribution in [0, 0.1) is 11.8 Å². The second kappa shape index (κ2) is 13.2. The van der Waals surface area contributed by atoms with Gasteiger partial charge in [0.25, 0.3) is 0 Å². The Labute approximate surface area is 234 Å². The van der Waals surface area contributed by atoms with E-state index in [1.54, 1.807) is 0 Å². The molecule has 3 aromatic carbocycles. The van der Waals surface area contributed by atoms with Crippen molar-refractivity contribution in [2.45, 2.75) is 78.8 Å². The summed E-state index contributed by atoms with van der Waals surface area (Å²) in [6, 6.07) is 16.8. The van der Waals surface area contributed by atoms with Gasteiger partial charge in [0.05, 0.1) is 11.1 Å². The van der Waals surface area contributed by atoms with Crippen LogP contribution < -0.4 is 0 Å². The minimum Gasteiger partial charge on any atom is -0.295 e. The Kier molecular flexibility index (Phi) is 10.5. The molecule has 0 fully saturated rings. The number of hydrogen-bond donors (Lipinski definition) is 0. The summed E-state index contributed by atoms with van der Waals surface area (Å²) in [4.78, 5) is 2.23. The Bertz CT molecular complexity index is 1210. The van der Waals surface area contributed by atoms with Crippen molar-refractivity contribution in [1.82, 2.24) is 4.90 Å². The van der Waals surface area contributed by atoms with E-state index in [9.17, 15) is 26.3 Å². The molecule has 1 nitrogen and oxygen atoms in total. The van der Waals surface area contributed by atoms with Crippen LogP contribution in [0.3, 0.4) is 0 Å². The van der Waals surface area contributed by atoms with Crippen LogP contribution in [0.4, 0.5) is 26.3 Å². The van der Waals surface area contributed by atoms with E-state index in [0.717, 1.165) is 65.9 Å². The quantitative estimate of drug-likeness (QED) is 0.210. The lowest BCUT2D eigenvalue weighted by atomic mass is 9.88. The zero-order chi connectivity index (χ0) is 29.7. The van der Waals surface area contributed by atoms with Crippen molar-refractivity contribution in [2.75, 3.05) is 6.54 Å². The van der Waals surface area contributed by atoms with Crippen LogP contribution in [0.15, 0.2) is 66.7 Å². The Morgan fingerprint density at radius 2 is 1.12 bits per heavy atom. The molecule has 0 bridgehead atoms. The van der Waals surface area contributed by atoms with Gasteiger partial charge < -0.3 is 0 Å². The number of hydrogen-bond acceptors (Lipinski definition) is 1. The maximum absolute atomic E-state index is 13.1. The van der Waals surface area contributed by atoms with Crippen LogP contribution >= 0.6 is 0 Å². The average Bonchev–Trinajstić information content (AvgIpc) is 2.86. The van der Waals surface area contributed by atoms with Gasteiger partial charge in [-0.3, -0.25) is 4.90 Å². The standard InChI is InChI=1S/C33H39F6N/c1-22(2)14-15-40(20-25-6-10-30(11-7-25)32(34,35)36)21-26-17-28(24(5)16-23(3)4)19-29(18-26)27-8-12-31(13-9-27)33(37,38)39/h6-13,17-19,22-24H,14-16,20-21H2,1-5H3. The van der Waals surface area contributed by atoms with Gasteiger partial charge in [-0.2, -0.15) is 26.3 Å². The van der Waals surface area contributed by atoms with Crippen molar-refractivity contribution in [3.63, 3.8) is 0 Å². The van der Waals surface area contributed by atoms with E-state index < -0.39 is 23.5 Å². The summed E-state index contributed by atoms with van der Waals surface area (Å²) in [5.41, 5.74) is 3.16. The monoisotopic (exact) mass is 563 g/mol. The summed E-state index contributed by atoms with van der Waals surface area (Å²) in [5.74, 6) is 1.19. The normalized spacial score (nSPS) is 13.4.